The summed E-state index contributed by atoms with van der Waals surface area (Å²) in [7, 11) is 0. The van der Waals surface area contributed by atoms with E-state index in [9.17, 15) is 0 Å². The summed E-state index contributed by atoms with van der Waals surface area (Å²) >= 11 is 5.62. The highest BCUT2D eigenvalue weighted by molar-refractivity contribution is 6.18. The van der Waals surface area contributed by atoms with Gasteiger partial charge >= 0.3 is 0 Å². The molecule has 1 fully saturated rings. The monoisotopic (exact) mass is 262 g/mol. The van der Waals surface area contributed by atoms with Crippen LogP contribution in [0.25, 0.3) is 0 Å². The van der Waals surface area contributed by atoms with Gasteiger partial charge in [0.1, 0.15) is 5.75 Å². The van der Waals surface area contributed by atoms with Gasteiger partial charge in [-0.3, -0.25) is 0 Å². The quantitative estimate of drug-likeness (QED) is 0.583. The summed E-state index contributed by atoms with van der Waals surface area (Å²) in [5.74, 6) is 8.41. The summed E-state index contributed by atoms with van der Waals surface area (Å²) in [6.07, 6.45) is 6.04. The molecule has 1 aromatic rings. The lowest BCUT2D eigenvalue weighted by Gasteiger charge is -2.12. The van der Waals surface area contributed by atoms with E-state index in [0.717, 1.165) is 30.3 Å². The summed E-state index contributed by atoms with van der Waals surface area (Å²) in [6, 6.07) is 7.99. The molecule has 0 amide bonds. The number of hydrogen-bond donors (Lipinski definition) is 0. The van der Waals surface area contributed by atoms with Crippen molar-refractivity contribution in [2.45, 2.75) is 32.1 Å². The maximum Gasteiger partial charge on any atom is 0.134 e. The van der Waals surface area contributed by atoms with Gasteiger partial charge in [0.05, 0.1) is 12.2 Å². The lowest BCUT2D eigenvalue weighted by molar-refractivity contribution is 0.251. The number of benzene rings is 1. The molecule has 0 radical (unpaired) electrons. The minimum Gasteiger partial charge on any atom is -0.492 e. The van der Waals surface area contributed by atoms with Crippen molar-refractivity contribution in [3.63, 3.8) is 0 Å². The van der Waals surface area contributed by atoms with Crippen molar-refractivity contribution in [3.05, 3.63) is 29.8 Å². The zero-order valence-corrected chi connectivity index (χ0v) is 11.4. The first-order chi connectivity index (χ1) is 8.90. The fraction of sp³-hybridized carbons (Fsp3) is 0.500. The number of para-hydroxylation sites is 1. The maximum atomic E-state index is 5.92. The van der Waals surface area contributed by atoms with Gasteiger partial charge in [-0.2, -0.15) is 0 Å². The first-order valence-electron chi connectivity index (χ1n) is 6.67. The molecule has 18 heavy (non-hydrogen) atoms. The average molecular weight is 263 g/mol. The normalized spacial score (nSPS) is 15.2. The number of halogens is 1. The first kappa shape index (κ1) is 13.3. The van der Waals surface area contributed by atoms with Crippen LogP contribution in [0.3, 0.4) is 0 Å². The molecule has 0 atom stereocenters. The summed E-state index contributed by atoms with van der Waals surface area (Å²) in [4.78, 5) is 0. The minimum atomic E-state index is 0.581. The molecule has 0 bridgehead atoms. The first-order valence-corrected chi connectivity index (χ1v) is 7.20. The van der Waals surface area contributed by atoms with Crippen molar-refractivity contribution in [1.29, 1.82) is 0 Å². The van der Waals surface area contributed by atoms with Crippen molar-refractivity contribution in [2.75, 3.05) is 12.5 Å². The largest absolute Gasteiger partial charge is 0.492 e. The summed E-state index contributed by atoms with van der Waals surface area (Å²) < 4.78 is 5.92. The maximum absolute atomic E-state index is 5.92. The summed E-state index contributed by atoms with van der Waals surface area (Å²) in [5, 5.41) is 0. The van der Waals surface area contributed by atoms with Crippen LogP contribution in [0.2, 0.25) is 0 Å². The molecule has 2 heteroatoms. The van der Waals surface area contributed by atoms with E-state index in [0.29, 0.717) is 5.88 Å². The zero-order valence-electron chi connectivity index (χ0n) is 10.6. The lowest BCUT2D eigenvalue weighted by atomic mass is 10.1. The van der Waals surface area contributed by atoms with Gasteiger partial charge in [-0.05, 0) is 30.9 Å². The molecule has 2 rings (SSSR count). The van der Waals surface area contributed by atoms with E-state index in [1.807, 2.05) is 24.3 Å². The van der Waals surface area contributed by atoms with Gasteiger partial charge in [0.25, 0.3) is 0 Å². The highest BCUT2D eigenvalue weighted by Gasteiger charge is 2.15. The van der Waals surface area contributed by atoms with Crippen LogP contribution in [0, 0.1) is 17.8 Å². The lowest BCUT2D eigenvalue weighted by Crippen LogP contribution is -2.08. The SMILES string of the molecule is ClCCC#Cc1ccccc1OCC1CCCC1. The van der Waals surface area contributed by atoms with Crippen LogP contribution >= 0.6 is 11.6 Å². The Kier molecular flexibility index (Phi) is 5.42. The Morgan fingerprint density at radius 3 is 2.78 bits per heavy atom. The number of alkyl halides is 1. The molecule has 1 aliphatic carbocycles. The second kappa shape index (κ2) is 7.34. The molecule has 1 saturated carbocycles. The van der Waals surface area contributed by atoms with E-state index in [1.54, 1.807) is 0 Å². The van der Waals surface area contributed by atoms with E-state index in [-0.39, 0.29) is 0 Å². The van der Waals surface area contributed by atoms with Gasteiger partial charge in [0, 0.05) is 12.3 Å². The Labute approximate surface area is 114 Å². The Balaban J connectivity index is 1.96. The van der Waals surface area contributed by atoms with Gasteiger partial charge in [0.15, 0.2) is 0 Å². The second-order valence-electron chi connectivity index (χ2n) is 4.70. The smallest absolute Gasteiger partial charge is 0.134 e. The predicted octanol–water partition coefficient (Wildman–Crippen LogP) is 4.24. The van der Waals surface area contributed by atoms with Crippen molar-refractivity contribution in [1.82, 2.24) is 0 Å². The highest BCUT2D eigenvalue weighted by atomic mass is 35.5. The van der Waals surface area contributed by atoms with Crippen LogP contribution in [-0.4, -0.2) is 12.5 Å². The molecule has 0 unspecified atom stereocenters. The Morgan fingerprint density at radius 1 is 1.22 bits per heavy atom. The van der Waals surface area contributed by atoms with E-state index >= 15 is 0 Å². The van der Waals surface area contributed by atoms with Crippen molar-refractivity contribution >= 4 is 11.6 Å². The zero-order chi connectivity index (χ0) is 12.6. The Morgan fingerprint density at radius 2 is 2.00 bits per heavy atom. The van der Waals surface area contributed by atoms with Crippen LogP contribution in [0.15, 0.2) is 24.3 Å². The summed E-state index contributed by atoms with van der Waals surface area (Å²) in [6.45, 7) is 0.828. The molecule has 0 heterocycles. The molecule has 0 spiro atoms. The van der Waals surface area contributed by atoms with Gasteiger partial charge in [-0.1, -0.05) is 36.8 Å². The van der Waals surface area contributed by atoms with Crippen LogP contribution < -0.4 is 4.74 Å². The third kappa shape index (κ3) is 3.96. The van der Waals surface area contributed by atoms with Gasteiger partial charge in [0.2, 0.25) is 0 Å². The predicted molar refractivity (Wildman–Crippen MR) is 76.1 cm³/mol. The molecule has 0 aromatic heterocycles. The standard InChI is InChI=1S/C16H19ClO/c17-12-6-5-10-15-9-3-4-11-16(15)18-13-14-7-1-2-8-14/h3-4,9,11,14H,1-2,6-8,12-13H2. The van der Waals surface area contributed by atoms with Crippen LogP contribution in [0.1, 0.15) is 37.7 Å². The van der Waals surface area contributed by atoms with E-state index in [1.165, 1.54) is 25.7 Å². The van der Waals surface area contributed by atoms with E-state index < -0.39 is 0 Å². The Bertz CT molecular complexity index is 424. The van der Waals surface area contributed by atoms with Gasteiger partial charge in [-0.15, -0.1) is 11.6 Å². The van der Waals surface area contributed by atoms with Gasteiger partial charge < -0.3 is 4.74 Å². The molecule has 0 saturated heterocycles. The van der Waals surface area contributed by atoms with Crippen molar-refractivity contribution in [3.8, 4) is 17.6 Å². The number of ether oxygens (including phenoxy) is 1. The number of hydrogen-bond acceptors (Lipinski definition) is 1. The molecule has 0 N–H and O–H groups in total. The van der Waals surface area contributed by atoms with E-state index in [2.05, 4.69) is 11.8 Å². The average Bonchev–Trinajstić information content (AvgIpc) is 2.91. The third-order valence-electron chi connectivity index (χ3n) is 3.28. The van der Waals surface area contributed by atoms with Crippen LogP contribution in [0.5, 0.6) is 5.75 Å². The third-order valence-corrected chi connectivity index (χ3v) is 3.47. The molecule has 0 aliphatic heterocycles. The van der Waals surface area contributed by atoms with Gasteiger partial charge in [-0.25, -0.2) is 0 Å². The molecule has 1 nitrogen and oxygen atoms in total. The van der Waals surface area contributed by atoms with Crippen molar-refractivity contribution < 1.29 is 4.74 Å². The molecular weight excluding hydrogens is 244 g/mol. The molecule has 96 valence electrons. The highest BCUT2D eigenvalue weighted by Crippen LogP contribution is 2.26. The number of rotatable bonds is 4. The fourth-order valence-corrected chi connectivity index (χ4v) is 2.38. The summed E-state index contributed by atoms with van der Waals surface area (Å²) in [5.41, 5.74) is 0.973. The Hall–Kier alpha value is -1.13. The van der Waals surface area contributed by atoms with Crippen molar-refractivity contribution in [2.24, 2.45) is 5.92 Å². The minimum absolute atomic E-state index is 0.581. The molecule has 1 aromatic carbocycles. The fourth-order valence-electron chi connectivity index (χ4n) is 2.29. The molecular formula is C16H19ClO. The second-order valence-corrected chi connectivity index (χ2v) is 5.08. The topological polar surface area (TPSA) is 9.23 Å². The van der Waals surface area contributed by atoms with Crippen LogP contribution in [-0.2, 0) is 0 Å². The van der Waals surface area contributed by atoms with E-state index in [4.69, 9.17) is 16.3 Å². The molecule has 1 aliphatic rings. The van der Waals surface area contributed by atoms with Crippen LogP contribution in [0.4, 0.5) is 0 Å².